The summed E-state index contributed by atoms with van der Waals surface area (Å²) in [4.78, 5) is 2.48. The van der Waals surface area contributed by atoms with Gasteiger partial charge in [0.05, 0.1) is 0 Å². The average molecular weight is 581 g/mol. The maximum atomic E-state index is 4.42. The van der Waals surface area contributed by atoms with Crippen LogP contribution in [0.15, 0.2) is 74.3 Å². The number of rotatable bonds is 10. The molecule has 0 spiro atoms. The zero-order chi connectivity index (χ0) is 31.7. The van der Waals surface area contributed by atoms with E-state index in [2.05, 4.69) is 133 Å². The van der Waals surface area contributed by atoms with Crippen molar-refractivity contribution in [3.05, 3.63) is 91.0 Å². The van der Waals surface area contributed by atoms with Crippen LogP contribution >= 0.6 is 0 Å². The molecule has 1 fully saturated rings. The molecular weight excluding hydrogens is 508 g/mol. The summed E-state index contributed by atoms with van der Waals surface area (Å²) in [5, 5.41) is 3.23. The van der Waals surface area contributed by atoms with E-state index >= 15 is 0 Å². The summed E-state index contributed by atoms with van der Waals surface area (Å²) >= 11 is 0. The van der Waals surface area contributed by atoms with E-state index in [1.807, 2.05) is 20.9 Å². The molecule has 1 aliphatic rings. The Morgan fingerprint density at radius 1 is 0.857 bits per heavy atom. The number of nitrogens with zero attached hydrogens (tertiary/aromatic N) is 1. The Balaban J connectivity index is -0.000000798. The van der Waals surface area contributed by atoms with Crippen molar-refractivity contribution in [2.24, 2.45) is 11.8 Å². The van der Waals surface area contributed by atoms with Crippen LogP contribution in [0.5, 0.6) is 0 Å². The van der Waals surface area contributed by atoms with Crippen molar-refractivity contribution in [1.29, 1.82) is 0 Å². The highest BCUT2D eigenvalue weighted by Gasteiger charge is 2.35. The topological polar surface area (TPSA) is 15.3 Å². The third kappa shape index (κ3) is 17.6. The predicted molar refractivity (Wildman–Crippen MR) is 196 cm³/mol. The first kappa shape index (κ1) is 44.1. The van der Waals surface area contributed by atoms with Crippen molar-refractivity contribution >= 4 is 5.70 Å². The Morgan fingerprint density at radius 3 is 1.81 bits per heavy atom. The second kappa shape index (κ2) is 27.5. The third-order valence-corrected chi connectivity index (χ3v) is 7.54. The van der Waals surface area contributed by atoms with Crippen molar-refractivity contribution in [3.8, 4) is 0 Å². The van der Waals surface area contributed by atoms with Crippen LogP contribution < -0.4 is 5.32 Å². The van der Waals surface area contributed by atoms with Gasteiger partial charge in [0, 0.05) is 25.3 Å². The molecule has 0 saturated carbocycles. The van der Waals surface area contributed by atoms with E-state index in [4.69, 9.17) is 0 Å². The number of likely N-dealkylation sites (tertiary alicyclic amines) is 1. The van der Waals surface area contributed by atoms with Gasteiger partial charge in [0.1, 0.15) is 0 Å². The van der Waals surface area contributed by atoms with Gasteiger partial charge in [0.2, 0.25) is 0 Å². The molecule has 0 amide bonds. The van der Waals surface area contributed by atoms with Gasteiger partial charge >= 0.3 is 0 Å². The van der Waals surface area contributed by atoms with Crippen LogP contribution in [0.1, 0.15) is 131 Å². The van der Waals surface area contributed by atoms with E-state index < -0.39 is 0 Å². The lowest BCUT2D eigenvalue weighted by molar-refractivity contribution is 0.204. The van der Waals surface area contributed by atoms with Gasteiger partial charge in [-0.1, -0.05) is 151 Å². The highest BCUT2D eigenvalue weighted by atomic mass is 15.1. The Labute approximate surface area is 265 Å². The van der Waals surface area contributed by atoms with Gasteiger partial charge in [0.15, 0.2) is 0 Å². The van der Waals surface area contributed by atoms with E-state index in [1.54, 1.807) is 0 Å². The molecule has 0 radical (unpaired) electrons. The number of hydrogen-bond acceptors (Lipinski definition) is 2. The zero-order valence-electron chi connectivity index (χ0n) is 29.0. The van der Waals surface area contributed by atoms with Gasteiger partial charge < -0.3 is 10.2 Å². The molecule has 2 nitrogen and oxygen atoms in total. The lowest BCUT2D eigenvalue weighted by Gasteiger charge is -2.44. The summed E-state index contributed by atoms with van der Waals surface area (Å²) < 4.78 is 0. The standard InChI is InChI=1S/C24H32N2.C6H14.C5H12.C2H6.C2H4.CH4/c1-4-13-24(23-11-6-5-7-12-23)14-16-26(17-15-24)20(2)22-10-8-9-21(18-22)19-25-3;1-4-5-6(2)3;1-4-5(2)3;2*1-2;/h5-12,18,25H,2,4,13-17,19H2,1,3H3;6H,4-5H2,1-3H3;5H,4H2,1-3H3;1-2H3;1-2H2;1H4. The van der Waals surface area contributed by atoms with Crippen LogP contribution in [0.4, 0.5) is 0 Å². The summed E-state index contributed by atoms with van der Waals surface area (Å²) in [6.45, 7) is 33.2. The van der Waals surface area contributed by atoms with Crippen molar-refractivity contribution in [2.45, 2.75) is 127 Å². The van der Waals surface area contributed by atoms with Gasteiger partial charge in [-0.2, -0.15) is 0 Å². The fourth-order valence-corrected chi connectivity index (χ4v) is 4.98. The maximum Gasteiger partial charge on any atom is 0.0366 e. The number of nitrogens with one attached hydrogen (secondary N) is 1. The molecule has 0 aromatic heterocycles. The molecule has 1 N–H and O–H groups in total. The van der Waals surface area contributed by atoms with E-state index in [0.29, 0.717) is 5.41 Å². The van der Waals surface area contributed by atoms with Gasteiger partial charge in [-0.3, -0.25) is 0 Å². The summed E-state index contributed by atoms with van der Waals surface area (Å²) in [6.07, 6.45) is 8.94. The molecule has 2 aromatic rings. The molecule has 0 aliphatic carbocycles. The number of hydrogen-bond donors (Lipinski definition) is 1. The quantitative estimate of drug-likeness (QED) is 0.281. The zero-order valence-corrected chi connectivity index (χ0v) is 29.0. The van der Waals surface area contributed by atoms with Crippen LogP contribution in [0.25, 0.3) is 5.70 Å². The second-order valence-corrected chi connectivity index (χ2v) is 11.5. The molecule has 1 aliphatic heterocycles. The highest BCUT2D eigenvalue weighted by molar-refractivity contribution is 5.62. The van der Waals surface area contributed by atoms with Crippen molar-refractivity contribution in [3.63, 3.8) is 0 Å². The monoisotopic (exact) mass is 581 g/mol. The van der Waals surface area contributed by atoms with Gasteiger partial charge in [0.25, 0.3) is 0 Å². The molecule has 2 aromatic carbocycles. The Hall–Kier alpha value is -2.32. The fourth-order valence-electron chi connectivity index (χ4n) is 4.98. The smallest absolute Gasteiger partial charge is 0.0366 e. The Kier molecular flexibility index (Phi) is 28.9. The predicted octanol–water partition coefficient (Wildman–Crippen LogP) is 12.2. The second-order valence-electron chi connectivity index (χ2n) is 11.5. The molecule has 42 heavy (non-hydrogen) atoms. The van der Waals surface area contributed by atoms with Crippen molar-refractivity contribution in [1.82, 2.24) is 10.2 Å². The first-order chi connectivity index (χ1) is 19.7. The lowest BCUT2D eigenvalue weighted by Crippen LogP contribution is -2.41. The summed E-state index contributed by atoms with van der Waals surface area (Å²) in [6, 6.07) is 19.9. The van der Waals surface area contributed by atoms with Crippen LogP contribution in [0, 0.1) is 11.8 Å². The first-order valence-corrected chi connectivity index (χ1v) is 16.5. The van der Waals surface area contributed by atoms with Crippen LogP contribution in [0.3, 0.4) is 0 Å². The van der Waals surface area contributed by atoms with E-state index in [-0.39, 0.29) is 7.43 Å². The van der Waals surface area contributed by atoms with E-state index in [9.17, 15) is 0 Å². The fraction of sp³-hybridized carbons (Fsp3) is 0.600. The minimum absolute atomic E-state index is 0. The van der Waals surface area contributed by atoms with Gasteiger partial charge in [-0.25, -0.2) is 0 Å². The molecular formula is C40H72N2. The average Bonchev–Trinajstić information content (AvgIpc) is 3.00. The molecule has 0 unspecified atom stereocenters. The molecule has 0 atom stereocenters. The molecule has 3 rings (SSSR count). The number of benzene rings is 2. The van der Waals surface area contributed by atoms with Crippen LogP contribution in [-0.4, -0.2) is 25.0 Å². The number of piperidine rings is 1. The minimum Gasteiger partial charge on any atom is -0.371 e. The summed E-state index contributed by atoms with van der Waals surface area (Å²) in [5.74, 6) is 1.78. The SMILES string of the molecule is C.C=C.C=C(c1cccc(CNC)c1)N1CCC(CCC)(c2ccccc2)CC1.CC.CCC(C)C.CCCC(C)C. The normalized spacial score (nSPS) is 13.0. The molecule has 0 bridgehead atoms. The maximum absolute atomic E-state index is 4.42. The largest absolute Gasteiger partial charge is 0.371 e. The summed E-state index contributed by atoms with van der Waals surface area (Å²) in [7, 11) is 1.99. The van der Waals surface area contributed by atoms with Crippen molar-refractivity contribution in [2.75, 3.05) is 20.1 Å². The van der Waals surface area contributed by atoms with Crippen molar-refractivity contribution < 1.29 is 0 Å². The third-order valence-electron chi connectivity index (χ3n) is 7.54. The van der Waals surface area contributed by atoms with E-state index in [0.717, 1.165) is 31.5 Å². The van der Waals surface area contributed by atoms with E-state index in [1.165, 1.54) is 67.3 Å². The highest BCUT2D eigenvalue weighted by Crippen LogP contribution is 2.41. The summed E-state index contributed by atoms with van der Waals surface area (Å²) in [5.41, 5.74) is 5.58. The Morgan fingerprint density at radius 2 is 1.40 bits per heavy atom. The minimum atomic E-state index is 0. The molecule has 2 heteroatoms. The molecule has 1 heterocycles. The molecule has 1 saturated heterocycles. The lowest BCUT2D eigenvalue weighted by atomic mass is 9.70. The Bertz CT molecular complexity index is 860. The van der Waals surface area contributed by atoms with Crippen LogP contribution in [0.2, 0.25) is 0 Å². The van der Waals surface area contributed by atoms with Gasteiger partial charge in [-0.05, 0) is 66.3 Å². The first-order valence-electron chi connectivity index (χ1n) is 16.5. The molecule has 242 valence electrons. The van der Waals surface area contributed by atoms with Gasteiger partial charge in [-0.15, -0.1) is 13.2 Å². The van der Waals surface area contributed by atoms with Crippen LogP contribution in [-0.2, 0) is 12.0 Å².